The Hall–Kier alpha value is -0.570. The average molecular weight is 306 g/mol. The third kappa shape index (κ3) is 3.34. The van der Waals surface area contributed by atoms with Crippen molar-refractivity contribution in [2.45, 2.75) is 77.3 Å². The van der Waals surface area contributed by atoms with Crippen LogP contribution >= 0.6 is 0 Å². The maximum Gasteiger partial charge on any atom is 0.219 e. The molecule has 3 fully saturated rings. The normalized spacial score (nSPS) is 40.3. The molecule has 0 N–H and O–H groups in total. The summed E-state index contributed by atoms with van der Waals surface area (Å²) in [6, 6.07) is 1.33. The number of carbonyl (C=O) groups excluding carboxylic acids is 1. The van der Waals surface area contributed by atoms with E-state index in [1.54, 1.807) is 6.92 Å². The summed E-state index contributed by atoms with van der Waals surface area (Å²) in [6.07, 6.45) is 10.7. The van der Waals surface area contributed by atoms with E-state index in [0.29, 0.717) is 11.9 Å². The van der Waals surface area contributed by atoms with E-state index in [4.69, 9.17) is 0 Å². The highest BCUT2D eigenvalue weighted by atomic mass is 16.2. The second kappa shape index (κ2) is 6.90. The number of hydrogen-bond donors (Lipinski definition) is 0. The molecule has 3 rings (SSSR count). The van der Waals surface area contributed by atoms with Crippen LogP contribution in [0.3, 0.4) is 0 Å². The van der Waals surface area contributed by atoms with Crippen LogP contribution in [0.5, 0.6) is 0 Å². The van der Waals surface area contributed by atoms with Gasteiger partial charge in [0.25, 0.3) is 0 Å². The molecule has 0 aromatic carbocycles. The van der Waals surface area contributed by atoms with Crippen LogP contribution in [0.2, 0.25) is 0 Å². The lowest BCUT2D eigenvalue weighted by Gasteiger charge is -2.50. The predicted molar refractivity (Wildman–Crippen MR) is 90.7 cm³/mol. The molecule has 1 amide bonds. The standard InChI is InChI=1S/C19H34N2O/c1-14-11-16(13-17-7-4-5-9-20(17)3)18-8-6-10-21(15(2)22)19(18)12-14/h14,16-19H,4-13H2,1-3H3/t14-,16+,17+,18-,19-/m1/s1. The molecular formula is C19H34N2O. The highest BCUT2D eigenvalue weighted by Gasteiger charge is 2.42. The molecule has 22 heavy (non-hydrogen) atoms. The first-order valence-corrected chi connectivity index (χ1v) is 9.53. The van der Waals surface area contributed by atoms with E-state index in [2.05, 4.69) is 23.8 Å². The number of likely N-dealkylation sites (tertiary alicyclic amines) is 2. The van der Waals surface area contributed by atoms with E-state index in [0.717, 1.165) is 30.3 Å². The predicted octanol–water partition coefficient (Wildman–Crippen LogP) is 3.53. The van der Waals surface area contributed by atoms with Crippen LogP contribution < -0.4 is 0 Å². The number of fused-ring (bicyclic) bond motifs is 1. The van der Waals surface area contributed by atoms with Crippen molar-refractivity contribution in [3.8, 4) is 0 Å². The number of hydrogen-bond acceptors (Lipinski definition) is 2. The van der Waals surface area contributed by atoms with Crippen LogP contribution in [0.25, 0.3) is 0 Å². The van der Waals surface area contributed by atoms with Gasteiger partial charge in [0.1, 0.15) is 0 Å². The maximum absolute atomic E-state index is 12.0. The number of amides is 1. The Morgan fingerprint density at radius 1 is 1.09 bits per heavy atom. The molecule has 0 spiro atoms. The van der Waals surface area contributed by atoms with Crippen LogP contribution in [0.15, 0.2) is 0 Å². The second-order valence-corrected chi connectivity index (χ2v) is 8.29. The lowest BCUT2D eigenvalue weighted by molar-refractivity contribution is -0.137. The topological polar surface area (TPSA) is 23.6 Å². The molecule has 0 unspecified atom stereocenters. The van der Waals surface area contributed by atoms with Gasteiger partial charge in [0, 0.05) is 25.6 Å². The smallest absolute Gasteiger partial charge is 0.219 e. The zero-order valence-corrected chi connectivity index (χ0v) is 14.8. The largest absolute Gasteiger partial charge is 0.340 e. The molecule has 5 atom stereocenters. The Bertz CT molecular complexity index is 397. The number of carbonyl (C=O) groups is 1. The van der Waals surface area contributed by atoms with Gasteiger partial charge < -0.3 is 9.80 Å². The summed E-state index contributed by atoms with van der Waals surface area (Å²) in [6.45, 7) is 6.45. The molecule has 1 saturated carbocycles. The average Bonchev–Trinajstić information content (AvgIpc) is 2.48. The van der Waals surface area contributed by atoms with E-state index < -0.39 is 0 Å². The number of nitrogens with zero attached hydrogens (tertiary/aromatic N) is 2. The van der Waals surface area contributed by atoms with Crippen LogP contribution in [0.1, 0.15) is 65.2 Å². The molecule has 3 aliphatic rings. The Kier molecular flexibility index (Phi) is 5.11. The van der Waals surface area contributed by atoms with E-state index in [-0.39, 0.29) is 0 Å². The third-order valence-electron chi connectivity index (χ3n) is 6.69. The molecule has 0 aromatic heterocycles. The summed E-state index contributed by atoms with van der Waals surface area (Å²) in [5.74, 6) is 2.68. The minimum Gasteiger partial charge on any atom is -0.340 e. The first-order valence-electron chi connectivity index (χ1n) is 9.53. The van der Waals surface area contributed by atoms with Crippen molar-refractivity contribution in [3.63, 3.8) is 0 Å². The van der Waals surface area contributed by atoms with Crippen molar-refractivity contribution in [1.29, 1.82) is 0 Å². The van der Waals surface area contributed by atoms with E-state index >= 15 is 0 Å². The van der Waals surface area contributed by atoms with Gasteiger partial charge in [-0.05, 0) is 76.3 Å². The summed E-state index contributed by atoms with van der Waals surface area (Å²) < 4.78 is 0. The van der Waals surface area contributed by atoms with Gasteiger partial charge in [-0.1, -0.05) is 13.3 Å². The lowest BCUT2D eigenvalue weighted by Crippen LogP contribution is -2.53. The molecule has 0 radical (unpaired) electrons. The van der Waals surface area contributed by atoms with Crippen LogP contribution in [0.4, 0.5) is 0 Å². The van der Waals surface area contributed by atoms with Gasteiger partial charge >= 0.3 is 0 Å². The fourth-order valence-corrected chi connectivity index (χ4v) is 5.59. The van der Waals surface area contributed by atoms with Gasteiger partial charge in [-0.2, -0.15) is 0 Å². The van der Waals surface area contributed by atoms with Gasteiger partial charge in [0.05, 0.1) is 0 Å². The Labute approximate surface area is 136 Å². The Morgan fingerprint density at radius 2 is 1.91 bits per heavy atom. The Balaban J connectivity index is 1.71. The van der Waals surface area contributed by atoms with Crippen molar-refractivity contribution in [1.82, 2.24) is 9.80 Å². The van der Waals surface area contributed by atoms with Gasteiger partial charge in [-0.3, -0.25) is 4.79 Å². The molecule has 3 nitrogen and oxygen atoms in total. The van der Waals surface area contributed by atoms with Crippen LogP contribution in [-0.4, -0.2) is 47.9 Å². The van der Waals surface area contributed by atoms with Gasteiger partial charge in [-0.15, -0.1) is 0 Å². The first kappa shape index (κ1) is 16.3. The molecule has 2 saturated heterocycles. The van der Waals surface area contributed by atoms with E-state index in [1.165, 1.54) is 57.9 Å². The van der Waals surface area contributed by atoms with Crippen LogP contribution in [-0.2, 0) is 4.79 Å². The number of piperidine rings is 2. The third-order valence-corrected chi connectivity index (χ3v) is 6.69. The summed E-state index contributed by atoms with van der Waals surface area (Å²) in [5.41, 5.74) is 0. The number of rotatable bonds is 2. The molecule has 2 aliphatic heterocycles. The van der Waals surface area contributed by atoms with Gasteiger partial charge in [0.15, 0.2) is 0 Å². The quantitative estimate of drug-likeness (QED) is 0.779. The molecule has 2 heterocycles. The molecule has 1 aliphatic carbocycles. The van der Waals surface area contributed by atoms with Crippen molar-refractivity contribution >= 4 is 5.91 Å². The highest BCUT2D eigenvalue weighted by Crippen LogP contribution is 2.44. The zero-order valence-electron chi connectivity index (χ0n) is 14.8. The van der Waals surface area contributed by atoms with Crippen LogP contribution in [0, 0.1) is 17.8 Å². The molecular weight excluding hydrogens is 272 g/mol. The van der Waals surface area contributed by atoms with Crippen molar-refractivity contribution < 1.29 is 4.79 Å². The van der Waals surface area contributed by atoms with Gasteiger partial charge in [0.2, 0.25) is 5.91 Å². The zero-order chi connectivity index (χ0) is 15.7. The molecule has 126 valence electrons. The second-order valence-electron chi connectivity index (χ2n) is 8.29. The van der Waals surface area contributed by atoms with Crippen molar-refractivity contribution in [2.75, 3.05) is 20.1 Å². The fraction of sp³-hybridized carbons (Fsp3) is 0.947. The van der Waals surface area contributed by atoms with E-state index in [1.807, 2.05) is 0 Å². The molecule has 3 heteroatoms. The summed E-state index contributed by atoms with van der Waals surface area (Å²) >= 11 is 0. The monoisotopic (exact) mass is 306 g/mol. The lowest BCUT2D eigenvalue weighted by atomic mass is 9.65. The minimum absolute atomic E-state index is 0.303. The minimum atomic E-state index is 0.303. The van der Waals surface area contributed by atoms with E-state index in [9.17, 15) is 4.79 Å². The first-order chi connectivity index (χ1) is 10.6. The molecule has 0 bridgehead atoms. The van der Waals surface area contributed by atoms with Crippen molar-refractivity contribution in [2.24, 2.45) is 17.8 Å². The highest BCUT2D eigenvalue weighted by molar-refractivity contribution is 5.73. The fourth-order valence-electron chi connectivity index (χ4n) is 5.59. The summed E-state index contributed by atoms with van der Waals surface area (Å²) in [7, 11) is 2.32. The van der Waals surface area contributed by atoms with Gasteiger partial charge in [-0.25, -0.2) is 0 Å². The Morgan fingerprint density at radius 3 is 2.64 bits per heavy atom. The maximum atomic E-state index is 12.0. The summed E-state index contributed by atoms with van der Waals surface area (Å²) in [5, 5.41) is 0. The van der Waals surface area contributed by atoms with Crippen molar-refractivity contribution in [3.05, 3.63) is 0 Å². The SMILES string of the molecule is CC(=O)N1CCC[C@@H]2[C@H](C[C@@H]3CCCCN3C)C[C@@H](C)C[C@H]21. The summed E-state index contributed by atoms with van der Waals surface area (Å²) in [4.78, 5) is 16.8. The molecule has 0 aromatic rings.